The van der Waals surface area contributed by atoms with Gasteiger partial charge in [-0.15, -0.1) is 0 Å². The summed E-state index contributed by atoms with van der Waals surface area (Å²) in [5.74, 6) is 0.322. The van der Waals surface area contributed by atoms with Crippen molar-refractivity contribution in [2.24, 2.45) is 5.92 Å². The van der Waals surface area contributed by atoms with E-state index in [1.165, 1.54) is 12.8 Å². The topological polar surface area (TPSA) is 41.1 Å². The van der Waals surface area contributed by atoms with E-state index in [9.17, 15) is 4.79 Å². The van der Waals surface area contributed by atoms with Crippen molar-refractivity contribution in [3.63, 3.8) is 0 Å². The average Bonchev–Trinajstić information content (AvgIpc) is 2.45. The molecule has 1 amide bonds. The number of para-hydroxylation sites is 2. The van der Waals surface area contributed by atoms with E-state index in [0.717, 1.165) is 24.2 Å². The predicted octanol–water partition coefficient (Wildman–Crippen LogP) is 2.61. The highest BCUT2D eigenvalue weighted by Gasteiger charge is 2.33. The number of hydrogen-bond acceptors (Lipinski definition) is 2. The number of amides is 1. The summed E-state index contributed by atoms with van der Waals surface area (Å²) in [5.41, 5.74) is 1.98. The van der Waals surface area contributed by atoms with E-state index in [0.29, 0.717) is 6.04 Å². The van der Waals surface area contributed by atoms with Gasteiger partial charge in [0.05, 0.1) is 17.3 Å². The maximum Gasteiger partial charge on any atom is 0.229 e. The van der Waals surface area contributed by atoms with Gasteiger partial charge in [-0.25, -0.2) is 0 Å². The van der Waals surface area contributed by atoms with Crippen molar-refractivity contribution in [3.8, 4) is 0 Å². The van der Waals surface area contributed by atoms with Crippen molar-refractivity contribution in [2.75, 3.05) is 10.6 Å². The second kappa shape index (κ2) is 3.81. The lowest BCUT2D eigenvalue weighted by atomic mass is 9.84. The summed E-state index contributed by atoms with van der Waals surface area (Å²) in [6.45, 7) is 0. The van der Waals surface area contributed by atoms with Gasteiger partial charge in [-0.1, -0.05) is 25.0 Å². The Balaban J connectivity index is 1.96. The van der Waals surface area contributed by atoms with Crippen LogP contribution in [-0.2, 0) is 4.79 Å². The van der Waals surface area contributed by atoms with Gasteiger partial charge in [0.15, 0.2) is 0 Å². The fourth-order valence-electron chi connectivity index (χ4n) is 2.76. The first-order valence-electron chi connectivity index (χ1n) is 6.01. The molecule has 2 unspecified atom stereocenters. The summed E-state index contributed by atoms with van der Waals surface area (Å²) < 4.78 is 0. The highest BCUT2D eigenvalue weighted by atomic mass is 16.2. The Morgan fingerprint density at radius 2 is 1.81 bits per heavy atom. The van der Waals surface area contributed by atoms with Gasteiger partial charge in [-0.05, 0) is 25.0 Å². The molecule has 1 aliphatic heterocycles. The van der Waals surface area contributed by atoms with Gasteiger partial charge in [0, 0.05) is 6.04 Å². The third-order valence-corrected chi connectivity index (χ3v) is 3.63. The van der Waals surface area contributed by atoms with E-state index >= 15 is 0 Å². The van der Waals surface area contributed by atoms with Crippen molar-refractivity contribution in [1.29, 1.82) is 0 Å². The Labute approximate surface area is 95.2 Å². The number of carbonyl (C=O) groups excluding carboxylic acids is 1. The van der Waals surface area contributed by atoms with Crippen LogP contribution in [0.3, 0.4) is 0 Å². The quantitative estimate of drug-likeness (QED) is 0.700. The lowest BCUT2D eigenvalue weighted by Gasteiger charge is -2.29. The minimum atomic E-state index is 0.140. The number of benzene rings is 1. The number of carbonyl (C=O) groups is 1. The Bertz CT molecular complexity index is 416. The number of rotatable bonds is 0. The highest BCUT2D eigenvalue weighted by Crippen LogP contribution is 2.34. The third-order valence-electron chi connectivity index (χ3n) is 3.63. The molecule has 84 valence electrons. The molecule has 1 saturated carbocycles. The molecule has 2 atom stereocenters. The maximum atomic E-state index is 12.1. The van der Waals surface area contributed by atoms with Crippen LogP contribution >= 0.6 is 0 Å². The SMILES string of the molecule is O=C1Nc2ccccc2NC2CCCCC12. The molecule has 0 spiro atoms. The lowest BCUT2D eigenvalue weighted by molar-refractivity contribution is -0.120. The fraction of sp³-hybridized carbons (Fsp3) is 0.462. The van der Waals surface area contributed by atoms with Gasteiger partial charge >= 0.3 is 0 Å². The summed E-state index contributed by atoms with van der Waals surface area (Å²) in [6, 6.07) is 8.26. The average molecular weight is 216 g/mol. The van der Waals surface area contributed by atoms with E-state index in [4.69, 9.17) is 0 Å². The van der Waals surface area contributed by atoms with Crippen LogP contribution in [0.1, 0.15) is 25.7 Å². The molecule has 1 aromatic carbocycles. The van der Waals surface area contributed by atoms with E-state index in [-0.39, 0.29) is 11.8 Å². The van der Waals surface area contributed by atoms with Crippen LogP contribution in [0.15, 0.2) is 24.3 Å². The standard InChI is InChI=1S/C13H16N2O/c16-13-9-5-1-2-6-10(9)14-11-7-3-4-8-12(11)15-13/h3-4,7-10,14H,1-2,5-6H2,(H,15,16). The highest BCUT2D eigenvalue weighted by molar-refractivity contribution is 5.98. The summed E-state index contributed by atoms with van der Waals surface area (Å²) in [6.07, 6.45) is 4.51. The molecule has 1 aromatic rings. The van der Waals surface area contributed by atoms with Crippen LogP contribution in [-0.4, -0.2) is 11.9 Å². The maximum absolute atomic E-state index is 12.1. The fourth-order valence-corrected chi connectivity index (χ4v) is 2.76. The summed E-state index contributed by atoms with van der Waals surface area (Å²) >= 11 is 0. The monoisotopic (exact) mass is 216 g/mol. The third kappa shape index (κ3) is 1.56. The first-order valence-corrected chi connectivity index (χ1v) is 6.01. The second-order valence-electron chi connectivity index (χ2n) is 4.68. The van der Waals surface area contributed by atoms with Crippen LogP contribution in [0.25, 0.3) is 0 Å². The molecule has 1 fully saturated rings. The molecule has 3 nitrogen and oxygen atoms in total. The van der Waals surface area contributed by atoms with Gasteiger partial charge in [-0.2, -0.15) is 0 Å². The normalized spacial score (nSPS) is 28.1. The molecule has 3 heteroatoms. The predicted molar refractivity (Wildman–Crippen MR) is 64.4 cm³/mol. The molecular weight excluding hydrogens is 200 g/mol. The van der Waals surface area contributed by atoms with E-state index in [1.807, 2.05) is 24.3 Å². The van der Waals surface area contributed by atoms with Gasteiger partial charge in [0.2, 0.25) is 5.91 Å². The van der Waals surface area contributed by atoms with Gasteiger partial charge < -0.3 is 10.6 Å². The largest absolute Gasteiger partial charge is 0.380 e. The van der Waals surface area contributed by atoms with E-state index in [2.05, 4.69) is 10.6 Å². The first-order chi connectivity index (χ1) is 7.84. The number of anilines is 2. The van der Waals surface area contributed by atoms with Crippen molar-refractivity contribution in [1.82, 2.24) is 0 Å². The lowest BCUT2D eigenvalue weighted by Crippen LogP contribution is -2.37. The number of hydrogen-bond donors (Lipinski definition) is 2. The Hall–Kier alpha value is -1.51. The number of fused-ring (bicyclic) bond motifs is 2. The van der Waals surface area contributed by atoms with Crippen LogP contribution < -0.4 is 10.6 Å². The smallest absolute Gasteiger partial charge is 0.229 e. The minimum Gasteiger partial charge on any atom is -0.380 e. The second-order valence-corrected chi connectivity index (χ2v) is 4.68. The van der Waals surface area contributed by atoms with Gasteiger partial charge in [-0.3, -0.25) is 4.79 Å². The van der Waals surface area contributed by atoms with Crippen LogP contribution in [0.2, 0.25) is 0 Å². The van der Waals surface area contributed by atoms with Gasteiger partial charge in [0.25, 0.3) is 0 Å². The molecule has 0 radical (unpaired) electrons. The van der Waals surface area contributed by atoms with Crippen LogP contribution in [0.5, 0.6) is 0 Å². The molecule has 3 rings (SSSR count). The molecule has 0 saturated heterocycles. The zero-order valence-electron chi connectivity index (χ0n) is 9.20. The summed E-state index contributed by atoms with van der Waals surface area (Å²) in [4.78, 5) is 12.1. The van der Waals surface area contributed by atoms with Crippen molar-refractivity contribution < 1.29 is 4.79 Å². The number of nitrogens with one attached hydrogen (secondary N) is 2. The van der Waals surface area contributed by atoms with Crippen molar-refractivity contribution in [2.45, 2.75) is 31.7 Å². The Kier molecular flexibility index (Phi) is 2.31. The Morgan fingerprint density at radius 1 is 1.06 bits per heavy atom. The van der Waals surface area contributed by atoms with E-state index < -0.39 is 0 Å². The molecule has 0 aromatic heterocycles. The van der Waals surface area contributed by atoms with E-state index in [1.54, 1.807) is 0 Å². The molecule has 0 bridgehead atoms. The molecule has 1 heterocycles. The minimum absolute atomic E-state index is 0.140. The summed E-state index contributed by atoms with van der Waals surface area (Å²) in [5, 5.41) is 6.53. The first kappa shape index (κ1) is 9.70. The summed E-state index contributed by atoms with van der Waals surface area (Å²) in [7, 11) is 0. The molecular formula is C13H16N2O. The zero-order chi connectivity index (χ0) is 11.0. The zero-order valence-corrected chi connectivity index (χ0v) is 9.20. The van der Waals surface area contributed by atoms with Crippen LogP contribution in [0.4, 0.5) is 11.4 Å². The van der Waals surface area contributed by atoms with Crippen molar-refractivity contribution >= 4 is 17.3 Å². The van der Waals surface area contributed by atoms with Crippen molar-refractivity contribution in [3.05, 3.63) is 24.3 Å². The molecule has 2 N–H and O–H groups in total. The van der Waals surface area contributed by atoms with Crippen LogP contribution in [0, 0.1) is 5.92 Å². The Morgan fingerprint density at radius 3 is 2.69 bits per heavy atom. The molecule has 1 aliphatic carbocycles. The molecule has 2 aliphatic rings. The van der Waals surface area contributed by atoms with Gasteiger partial charge in [0.1, 0.15) is 0 Å². The molecule has 16 heavy (non-hydrogen) atoms.